The topological polar surface area (TPSA) is 0 Å². The van der Waals surface area contributed by atoms with Gasteiger partial charge in [-0.15, -0.1) is 0 Å². The minimum atomic E-state index is 0. The second kappa shape index (κ2) is 5.17. The first-order chi connectivity index (χ1) is 3.93. The van der Waals surface area contributed by atoms with Gasteiger partial charge in [0.25, 0.3) is 0 Å². The molecule has 1 aliphatic rings. The number of hydrogen-bond donors (Lipinski definition) is 0. The minimum Gasteiger partial charge on any atom is -0.0734 e. The Kier molecular flexibility index (Phi) is 5.38. The summed E-state index contributed by atoms with van der Waals surface area (Å²) < 4.78 is 0. The van der Waals surface area contributed by atoms with Crippen molar-refractivity contribution in [1.29, 1.82) is 0 Å². The average Bonchev–Trinajstić information content (AvgIpc) is 2.19. The van der Waals surface area contributed by atoms with Crippen LogP contribution in [-0.2, 0) is 26.2 Å². The zero-order valence-corrected chi connectivity index (χ0v) is 8.18. The van der Waals surface area contributed by atoms with Crippen LogP contribution >= 0.6 is 0 Å². The average molecular weight is 198 g/mol. The van der Waals surface area contributed by atoms with Crippen molar-refractivity contribution in [3.63, 3.8) is 0 Å². The van der Waals surface area contributed by atoms with Gasteiger partial charge < -0.3 is 0 Å². The second-order valence-electron chi connectivity index (χ2n) is 2.04. The van der Waals surface area contributed by atoms with E-state index in [9.17, 15) is 0 Å². The van der Waals surface area contributed by atoms with Crippen molar-refractivity contribution in [3.05, 3.63) is 30.2 Å². The van der Waals surface area contributed by atoms with Crippen molar-refractivity contribution >= 4 is 0 Å². The summed E-state index contributed by atoms with van der Waals surface area (Å²) in [5.74, 6) is 1.47. The van der Waals surface area contributed by atoms with E-state index in [0.717, 1.165) is 0 Å². The monoisotopic (exact) mass is 197 g/mol. The van der Waals surface area contributed by atoms with Crippen molar-refractivity contribution in [3.8, 4) is 0 Å². The van der Waals surface area contributed by atoms with Gasteiger partial charge in [-0.2, -0.15) is 0 Å². The molecule has 0 saturated heterocycles. The van der Waals surface area contributed by atoms with E-state index in [1.54, 1.807) is 0 Å². The molecule has 47 valence electrons. The molecular weight excluding hydrogens is 187 g/mol. The van der Waals surface area contributed by atoms with Crippen LogP contribution in [0.15, 0.2) is 24.3 Å². The summed E-state index contributed by atoms with van der Waals surface area (Å²) in [4.78, 5) is 0. The molecule has 1 rings (SSSR count). The first-order valence-electron chi connectivity index (χ1n) is 3.14. The van der Waals surface area contributed by atoms with Crippen LogP contribution in [0, 0.1) is 5.92 Å². The van der Waals surface area contributed by atoms with Gasteiger partial charge in [-0.1, -0.05) is 37.6 Å². The van der Waals surface area contributed by atoms with E-state index in [2.05, 4.69) is 31.2 Å². The fraction of sp³-hybridized carbons (Fsp3) is 0.375. The van der Waals surface area contributed by atoms with E-state index in [1.807, 2.05) is 0 Å². The van der Waals surface area contributed by atoms with Crippen LogP contribution in [0.3, 0.4) is 0 Å². The zero-order chi connectivity index (χ0) is 5.82. The van der Waals surface area contributed by atoms with Gasteiger partial charge in [0.05, 0.1) is 0 Å². The SMILES string of the molecule is CCC[C]1C=CC=C1.[Zr]. The first-order valence-corrected chi connectivity index (χ1v) is 3.14. The summed E-state index contributed by atoms with van der Waals surface area (Å²) in [5, 5.41) is 0. The Morgan fingerprint density at radius 3 is 2.22 bits per heavy atom. The Morgan fingerprint density at radius 1 is 1.22 bits per heavy atom. The van der Waals surface area contributed by atoms with Gasteiger partial charge in [-0.05, 0) is 6.42 Å². The van der Waals surface area contributed by atoms with Crippen molar-refractivity contribution in [2.45, 2.75) is 19.8 Å². The Morgan fingerprint density at radius 2 is 1.78 bits per heavy atom. The third-order valence-corrected chi connectivity index (χ3v) is 1.27. The van der Waals surface area contributed by atoms with E-state index in [-0.39, 0.29) is 26.2 Å². The molecule has 0 unspecified atom stereocenters. The van der Waals surface area contributed by atoms with E-state index in [0.29, 0.717) is 0 Å². The maximum absolute atomic E-state index is 2.20. The van der Waals surface area contributed by atoms with Crippen molar-refractivity contribution in [2.24, 2.45) is 0 Å². The molecule has 0 spiro atoms. The molecule has 1 radical (unpaired) electrons. The third kappa shape index (κ3) is 3.15. The maximum Gasteiger partial charge on any atom is 0.0193 e. The smallest absolute Gasteiger partial charge is 0.0193 e. The molecule has 0 aromatic heterocycles. The molecular formula is C8H11Zr. The normalized spacial score (nSPS) is 16.1. The molecule has 0 aliphatic heterocycles. The van der Waals surface area contributed by atoms with Crippen LogP contribution in [0.2, 0.25) is 0 Å². The van der Waals surface area contributed by atoms with Gasteiger partial charge >= 0.3 is 0 Å². The minimum absolute atomic E-state index is 0. The van der Waals surface area contributed by atoms with E-state index >= 15 is 0 Å². The fourth-order valence-electron chi connectivity index (χ4n) is 0.869. The third-order valence-electron chi connectivity index (χ3n) is 1.27. The Labute approximate surface area is 76.2 Å². The van der Waals surface area contributed by atoms with Gasteiger partial charge in [0, 0.05) is 32.1 Å². The molecule has 0 heterocycles. The molecule has 0 amide bonds. The predicted octanol–water partition coefficient (Wildman–Crippen LogP) is 2.48. The standard InChI is InChI=1S/C8H11.Zr/c1-2-5-8-6-3-4-7-8;/h3-4,6-7H,2,5H2,1H3;. The summed E-state index contributed by atoms with van der Waals surface area (Å²) in [6.07, 6.45) is 11.0. The molecule has 0 atom stereocenters. The van der Waals surface area contributed by atoms with Crippen LogP contribution in [0.4, 0.5) is 0 Å². The summed E-state index contributed by atoms with van der Waals surface area (Å²) in [7, 11) is 0. The summed E-state index contributed by atoms with van der Waals surface area (Å²) in [5.41, 5.74) is 0. The first kappa shape index (κ1) is 9.36. The quantitative estimate of drug-likeness (QED) is 0.639. The molecule has 0 saturated carbocycles. The molecule has 1 aliphatic carbocycles. The zero-order valence-electron chi connectivity index (χ0n) is 5.72. The Bertz CT molecular complexity index is 102. The number of allylic oxidation sites excluding steroid dienone is 4. The molecule has 0 bridgehead atoms. The van der Waals surface area contributed by atoms with Gasteiger partial charge in [0.15, 0.2) is 0 Å². The van der Waals surface area contributed by atoms with Crippen molar-refractivity contribution < 1.29 is 26.2 Å². The van der Waals surface area contributed by atoms with E-state index in [4.69, 9.17) is 0 Å². The van der Waals surface area contributed by atoms with Crippen LogP contribution in [0.1, 0.15) is 19.8 Å². The Balaban J connectivity index is 0.000000640. The van der Waals surface area contributed by atoms with Crippen molar-refractivity contribution in [2.75, 3.05) is 0 Å². The molecule has 9 heavy (non-hydrogen) atoms. The summed E-state index contributed by atoms with van der Waals surface area (Å²) in [6, 6.07) is 0. The van der Waals surface area contributed by atoms with Crippen LogP contribution in [-0.4, -0.2) is 0 Å². The van der Waals surface area contributed by atoms with E-state index < -0.39 is 0 Å². The molecule has 0 aromatic carbocycles. The molecule has 0 N–H and O–H groups in total. The van der Waals surface area contributed by atoms with Gasteiger partial charge in [-0.25, -0.2) is 0 Å². The molecule has 0 nitrogen and oxygen atoms in total. The van der Waals surface area contributed by atoms with Crippen molar-refractivity contribution in [1.82, 2.24) is 0 Å². The predicted molar refractivity (Wildman–Crippen MR) is 36.4 cm³/mol. The van der Waals surface area contributed by atoms with Crippen LogP contribution in [0.5, 0.6) is 0 Å². The fourth-order valence-corrected chi connectivity index (χ4v) is 0.869. The Hall–Kier alpha value is 0.363. The van der Waals surface area contributed by atoms with Gasteiger partial charge in [-0.3, -0.25) is 0 Å². The van der Waals surface area contributed by atoms with Gasteiger partial charge in [0.1, 0.15) is 0 Å². The van der Waals surface area contributed by atoms with Crippen LogP contribution < -0.4 is 0 Å². The second-order valence-corrected chi connectivity index (χ2v) is 2.04. The molecule has 0 fully saturated rings. The molecule has 1 heteroatoms. The summed E-state index contributed by atoms with van der Waals surface area (Å²) in [6.45, 7) is 2.20. The molecule has 0 aromatic rings. The van der Waals surface area contributed by atoms with Gasteiger partial charge in [0.2, 0.25) is 0 Å². The summed E-state index contributed by atoms with van der Waals surface area (Å²) >= 11 is 0. The largest absolute Gasteiger partial charge is 0.0734 e. The number of hydrogen-bond acceptors (Lipinski definition) is 0. The number of rotatable bonds is 2. The van der Waals surface area contributed by atoms with Crippen LogP contribution in [0.25, 0.3) is 0 Å². The van der Waals surface area contributed by atoms with E-state index in [1.165, 1.54) is 18.8 Å². The maximum atomic E-state index is 2.20.